The summed E-state index contributed by atoms with van der Waals surface area (Å²) in [4.78, 5) is 12.9. The Labute approximate surface area is 189 Å². The molecular weight excluding hydrogens is 457 g/mol. The van der Waals surface area contributed by atoms with E-state index >= 15 is 0 Å². The highest BCUT2D eigenvalue weighted by molar-refractivity contribution is 7.98. The first-order valence-corrected chi connectivity index (χ1v) is 10.6. The Morgan fingerprint density at radius 3 is 2.58 bits per heavy atom. The Bertz CT molecular complexity index is 1270. The molecule has 170 valence electrons. The number of anilines is 4. The molecule has 0 saturated carbocycles. The van der Waals surface area contributed by atoms with Gasteiger partial charge >= 0.3 is 6.18 Å². The molecule has 0 aliphatic heterocycles. The second-order valence-electron chi connectivity index (χ2n) is 6.66. The Balaban J connectivity index is 1.55. The molecule has 2 aromatic heterocycles. The number of hydrogen-bond acceptors (Lipinski definition) is 9. The zero-order valence-electron chi connectivity index (χ0n) is 17.0. The van der Waals surface area contributed by atoms with E-state index in [0.29, 0.717) is 11.6 Å². The minimum atomic E-state index is -4.44. The van der Waals surface area contributed by atoms with Crippen molar-refractivity contribution in [3.63, 3.8) is 0 Å². The molecular formula is C20H17F3N8OS. The molecule has 0 bridgehead atoms. The van der Waals surface area contributed by atoms with Gasteiger partial charge in [0.25, 0.3) is 0 Å². The predicted octanol–water partition coefficient (Wildman–Crippen LogP) is 4.70. The molecule has 0 amide bonds. The lowest BCUT2D eigenvalue weighted by molar-refractivity contribution is -0.137. The monoisotopic (exact) mass is 474 g/mol. The van der Waals surface area contributed by atoms with E-state index in [4.69, 9.17) is 16.2 Å². The second kappa shape index (κ2) is 8.86. The number of nitrogen functional groups attached to an aromatic ring is 2. The van der Waals surface area contributed by atoms with E-state index in [0.717, 1.165) is 22.6 Å². The van der Waals surface area contributed by atoms with Gasteiger partial charge in [0.15, 0.2) is 5.82 Å². The van der Waals surface area contributed by atoms with Crippen LogP contribution in [0, 0.1) is 0 Å². The van der Waals surface area contributed by atoms with Gasteiger partial charge in [-0.1, -0.05) is 6.07 Å². The highest BCUT2D eigenvalue weighted by Gasteiger charge is 2.30. The van der Waals surface area contributed by atoms with Crippen LogP contribution in [0.3, 0.4) is 0 Å². The smallest absolute Gasteiger partial charge is 0.416 e. The number of nitrogens with zero attached hydrogens (tertiary/aromatic N) is 4. The Kier molecular flexibility index (Phi) is 5.96. The number of alkyl halides is 3. The SMILES string of the molecule is CSc1cc(Oc2cc(N)nc(N)n2)ccc1-c1nc(Nc2cccc(C(F)(F)F)c2)n[nH]1. The summed E-state index contributed by atoms with van der Waals surface area (Å²) < 4.78 is 44.5. The summed E-state index contributed by atoms with van der Waals surface area (Å²) in [6.45, 7) is 0. The number of ether oxygens (including phenoxy) is 1. The number of hydrogen-bond donors (Lipinski definition) is 4. The van der Waals surface area contributed by atoms with Gasteiger partial charge in [-0.3, -0.25) is 5.10 Å². The fraction of sp³-hybridized carbons (Fsp3) is 0.100. The van der Waals surface area contributed by atoms with Gasteiger partial charge < -0.3 is 21.5 Å². The molecule has 0 aliphatic rings. The van der Waals surface area contributed by atoms with Crippen LogP contribution in [-0.2, 0) is 6.18 Å². The third kappa shape index (κ3) is 5.26. The van der Waals surface area contributed by atoms with Gasteiger partial charge in [-0.2, -0.15) is 28.1 Å². The quantitative estimate of drug-likeness (QED) is 0.293. The molecule has 6 N–H and O–H groups in total. The van der Waals surface area contributed by atoms with E-state index in [1.807, 2.05) is 6.26 Å². The van der Waals surface area contributed by atoms with E-state index in [9.17, 15) is 13.2 Å². The van der Waals surface area contributed by atoms with Crippen molar-refractivity contribution >= 4 is 35.2 Å². The summed E-state index contributed by atoms with van der Waals surface area (Å²) in [5, 5.41) is 9.62. The van der Waals surface area contributed by atoms with Gasteiger partial charge in [0, 0.05) is 22.2 Å². The van der Waals surface area contributed by atoms with Crippen LogP contribution in [0.1, 0.15) is 5.56 Å². The first-order chi connectivity index (χ1) is 15.7. The summed E-state index contributed by atoms with van der Waals surface area (Å²) >= 11 is 1.44. The minimum absolute atomic E-state index is 0.00540. The first-order valence-electron chi connectivity index (χ1n) is 9.34. The molecule has 0 fully saturated rings. The maximum absolute atomic E-state index is 12.9. The molecule has 9 nitrogen and oxygen atoms in total. The van der Waals surface area contributed by atoms with Crippen LogP contribution in [0.4, 0.5) is 36.6 Å². The lowest BCUT2D eigenvalue weighted by Crippen LogP contribution is -2.05. The number of thioether (sulfide) groups is 1. The largest absolute Gasteiger partial charge is 0.439 e. The topological polar surface area (TPSA) is 141 Å². The lowest BCUT2D eigenvalue weighted by atomic mass is 10.2. The van der Waals surface area contributed by atoms with Crippen LogP contribution >= 0.6 is 11.8 Å². The van der Waals surface area contributed by atoms with Gasteiger partial charge in [0.2, 0.25) is 17.8 Å². The summed E-state index contributed by atoms with van der Waals surface area (Å²) in [6, 6.07) is 11.5. The van der Waals surface area contributed by atoms with Crippen molar-refractivity contribution in [3.8, 4) is 23.0 Å². The third-order valence-corrected chi connectivity index (χ3v) is 5.10. The van der Waals surface area contributed by atoms with Gasteiger partial charge in [0.1, 0.15) is 11.6 Å². The molecule has 0 spiro atoms. The third-order valence-electron chi connectivity index (χ3n) is 4.32. The van der Waals surface area contributed by atoms with Gasteiger partial charge in [-0.05, 0) is 42.7 Å². The van der Waals surface area contributed by atoms with Crippen LogP contribution < -0.4 is 21.5 Å². The number of halogens is 3. The number of H-pyrrole nitrogens is 1. The molecule has 0 atom stereocenters. The van der Waals surface area contributed by atoms with Crippen LogP contribution in [0.5, 0.6) is 11.6 Å². The van der Waals surface area contributed by atoms with E-state index in [-0.39, 0.29) is 29.3 Å². The van der Waals surface area contributed by atoms with Crippen molar-refractivity contribution in [2.24, 2.45) is 0 Å². The van der Waals surface area contributed by atoms with Crippen molar-refractivity contribution in [3.05, 3.63) is 54.1 Å². The molecule has 0 aliphatic carbocycles. The highest BCUT2D eigenvalue weighted by atomic mass is 32.2. The number of aromatic nitrogens is 5. The predicted molar refractivity (Wildman–Crippen MR) is 119 cm³/mol. The molecule has 4 rings (SSSR count). The molecule has 33 heavy (non-hydrogen) atoms. The maximum atomic E-state index is 12.9. The van der Waals surface area contributed by atoms with Crippen molar-refractivity contribution < 1.29 is 17.9 Å². The van der Waals surface area contributed by atoms with E-state index < -0.39 is 11.7 Å². The highest BCUT2D eigenvalue weighted by Crippen LogP contribution is 2.34. The van der Waals surface area contributed by atoms with Crippen molar-refractivity contribution in [1.82, 2.24) is 25.1 Å². The fourth-order valence-corrected chi connectivity index (χ4v) is 3.52. The Hall–Kier alpha value is -4.00. The van der Waals surface area contributed by atoms with Crippen LogP contribution in [0.2, 0.25) is 0 Å². The standard InChI is InChI=1S/C20H17F3N8OS/c1-33-14-8-12(32-16-9-15(24)27-18(25)28-16)5-6-13(14)17-29-19(31-30-17)26-11-4-2-3-10(7-11)20(21,22)23/h2-9H,1H3,(H4,24,25,27,28)(H2,26,29,30,31). The van der Waals surface area contributed by atoms with E-state index in [1.165, 1.54) is 30.0 Å². The molecule has 0 radical (unpaired) electrons. The number of nitrogens with one attached hydrogen (secondary N) is 2. The summed E-state index contributed by atoms with van der Waals surface area (Å²) in [6.07, 6.45) is -2.57. The molecule has 0 saturated heterocycles. The van der Waals surface area contributed by atoms with Crippen LogP contribution in [0.15, 0.2) is 53.4 Å². The van der Waals surface area contributed by atoms with Crippen molar-refractivity contribution in [2.75, 3.05) is 23.0 Å². The first kappa shape index (κ1) is 22.2. The number of rotatable bonds is 6. The molecule has 2 heterocycles. The summed E-state index contributed by atoms with van der Waals surface area (Å²) in [5.74, 6) is 1.42. The molecule has 2 aromatic carbocycles. The molecule has 13 heteroatoms. The maximum Gasteiger partial charge on any atom is 0.416 e. The zero-order chi connectivity index (χ0) is 23.6. The fourth-order valence-electron chi connectivity index (χ4n) is 2.91. The second-order valence-corrected chi connectivity index (χ2v) is 7.51. The van der Waals surface area contributed by atoms with Crippen LogP contribution in [0.25, 0.3) is 11.4 Å². The number of nitrogens with two attached hydrogens (primary N) is 2. The number of aromatic amines is 1. The lowest BCUT2D eigenvalue weighted by Gasteiger charge is -2.10. The van der Waals surface area contributed by atoms with Crippen molar-refractivity contribution in [1.29, 1.82) is 0 Å². The zero-order valence-corrected chi connectivity index (χ0v) is 17.8. The summed E-state index contributed by atoms with van der Waals surface area (Å²) in [5.41, 5.74) is 11.4. The Morgan fingerprint density at radius 1 is 1.03 bits per heavy atom. The van der Waals surface area contributed by atoms with E-state index in [1.54, 1.807) is 18.2 Å². The van der Waals surface area contributed by atoms with Gasteiger partial charge in [-0.15, -0.1) is 16.9 Å². The average Bonchev–Trinajstić information content (AvgIpc) is 3.20. The minimum Gasteiger partial charge on any atom is -0.439 e. The number of benzene rings is 2. The normalized spacial score (nSPS) is 11.4. The van der Waals surface area contributed by atoms with Crippen molar-refractivity contribution in [2.45, 2.75) is 11.1 Å². The summed E-state index contributed by atoms with van der Waals surface area (Å²) in [7, 11) is 0. The van der Waals surface area contributed by atoms with Crippen LogP contribution in [-0.4, -0.2) is 31.4 Å². The Morgan fingerprint density at radius 2 is 1.85 bits per heavy atom. The van der Waals surface area contributed by atoms with E-state index in [2.05, 4.69) is 30.5 Å². The molecule has 0 unspecified atom stereocenters. The molecule has 4 aromatic rings. The van der Waals surface area contributed by atoms with Gasteiger partial charge in [0.05, 0.1) is 5.56 Å². The average molecular weight is 474 g/mol. The van der Waals surface area contributed by atoms with Gasteiger partial charge in [-0.25, -0.2) is 0 Å².